The SMILES string of the molecule is CN=C(NCCCOCC(F)(F)F)NCCc1ccc(F)cc1C.I. The van der Waals surface area contributed by atoms with Gasteiger partial charge in [0.05, 0.1) is 0 Å². The fourth-order valence-electron chi connectivity index (χ4n) is 2.04. The van der Waals surface area contributed by atoms with E-state index in [9.17, 15) is 17.6 Å². The van der Waals surface area contributed by atoms with E-state index < -0.39 is 12.8 Å². The first-order chi connectivity index (χ1) is 11.3. The second kappa shape index (κ2) is 12.3. The Balaban J connectivity index is 0.00000576. The molecule has 1 aromatic rings. The molecule has 0 atom stereocenters. The number of alkyl halides is 3. The van der Waals surface area contributed by atoms with Crippen LogP contribution in [-0.2, 0) is 11.2 Å². The maximum atomic E-state index is 13.0. The van der Waals surface area contributed by atoms with Crippen molar-refractivity contribution in [3.63, 3.8) is 0 Å². The van der Waals surface area contributed by atoms with Gasteiger partial charge in [-0.05, 0) is 43.0 Å². The zero-order chi connectivity index (χ0) is 18.0. The zero-order valence-electron chi connectivity index (χ0n) is 14.3. The molecule has 2 N–H and O–H groups in total. The molecule has 9 heteroatoms. The normalized spacial score (nSPS) is 11.8. The molecule has 0 aliphatic heterocycles. The maximum absolute atomic E-state index is 13.0. The third-order valence-electron chi connectivity index (χ3n) is 3.24. The van der Waals surface area contributed by atoms with Crippen LogP contribution >= 0.6 is 24.0 Å². The number of aryl methyl sites for hydroxylation is 1. The molecule has 0 aliphatic rings. The Morgan fingerprint density at radius 1 is 1.20 bits per heavy atom. The van der Waals surface area contributed by atoms with E-state index >= 15 is 0 Å². The molecule has 4 nitrogen and oxygen atoms in total. The van der Waals surface area contributed by atoms with Gasteiger partial charge in [0.1, 0.15) is 12.4 Å². The predicted octanol–water partition coefficient (Wildman–Crippen LogP) is 3.43. The molecule has 25 heavy (non-hydrogen) atoms. The number of halogens is 5. The number of hydrogen-bond donors (Lipinski definition) is 2. The molecule has 0 aromatic heterocycles. The number of benzene rings is 1. The molecule has 0 radical (unpaired) electrons. The van der Waals surface area contributed by atoms with Crippen molar-refractivity contribution in [2.45, 2.75) is 25.9 Å². The highest BCUT2D eigenvalue weighted by Gasteiger charge is 2.27. The highest BCUT2D eigenvalue weighted by atomic mass is 127. The summed E-state index contributed by atoms with van der Waals surface area (Å²) in [6.07, 6.45) is -3.14. The highest BCUT2D eigenvalue weighted by molar-refractivity contribution is 14.0. The summed E-state index contributed by atoms with van der Waals surface area (Å²) in [6.45, 7) is 1.71. The summed E-state index contributed by atoms with van der Waals surface area (Å²) in [7, 11) is 1.61. The number of hydrogen-bond acceptors (Lipinski definition) is 2. The van der Waals surface area contributed by atoms with Crippen molar-refractivity contribution in [3.05, 3.63) is 35.1 Å². The van der Waals surface area contributed by atoms with Crippen LogP contribution in [0.15, 0.2) is 23.2 Å². The van der Waals surface area contributed by atoms with Crippen LogP contribution in [-0.4, -0.2) is 45.5 Å². The molecule has 0 saturated heterocycles. The molecular formula is C16H24F4IN3O. The van der Waals surface area contributed by atoms with Gasteiger partial charge in [0.2, 0.25) is 0 Å². The van der Waals surface area contributed by atoms with Crippen molar-refractivity contribution < 1.29 is 22.3 Å². The lowest BCUT2D eigenvalue weighted by atomic mass is 10.1. The van der Waals surface area contributed by atoms with E-state index in [2.05, 4.69) is 20.4 Å². The van der Waals surface area contributed by atoms with E-state index in [4.69, 9.17) is 0 Å². The van der Waals surface area contributed by atoms with E-state index in [1.54, 1.807) is 13.1 Å². The Morgan fingerprint density at radius 2 is 1.88 bits per heavy atom. The molecule has 0 fully saturated rings. The Morgan fingerprint density at radius 3 is 2.48 bits per heavy atom. The van der Waals surface area contributed by atoms with Gasteiger partial charge >= 0.3 is 6.18 Å². The predicted molar refractivity (Wildman–Crippen MR) is 101 cm³/mol. The van der Waals surface area contributed by atoms with Gasteiger partial charge in [-0.1, -0.05) is 6.07 Å². The van der Waals surface area contributed by atoms with Crippen LogP contribution < -0.4 is 10.6 Å². The van der Waals surface area contributed by atoms with Gasteiger partial charge in [-0.15, -0.1) is 24.0 Å². The molecule has 1 aromatic carbocycles. The topological polar surface area (TPSA) is 45.7 Å². The van der Waals surface area contributed by atoms with Crippen molar-refractivity contribution >= 4 is 29.9 Å². The summed E-state index contributed by atoms with van der Waals surface area (Å²) in [6, 6.07) is 4.67. The summed E-state index contributed by atoms with van der Waals surface area (Å²) in [5.41, 5.74) is 1.93. The van der Waals surface area contributed by atoms with Gasteiger partial charge in [0.15, 0.2) is 5.96 Å². The Labute approximate surface area is 162 Å². The van der Waals surface area contributed by atoms with E-state index in [1.165, 1.54) is 12.1 Å². The number of guanidine groups is 1. The number of aliphatic imine (C=N–C) groups is 1. The van der Waals surface area contributed by atoms with E-state index in [0.29, 0.717) is 31.9 Å². The summed E-state index contributed by atoms with van der Waals surface area (Å²) in [5, 5.41) is 6.09. The van der Waals surface area contributed by atoms with E-state index in [-0.39, 0.29) is 36.4 Å². The summed E-state index contributed by atoms with van der Waals surface area (Å²) in [5.74, 6) is 0.306. The lowest BCUT2D eigenvalue weighted by molar-refractivity contribution is -0.173. The molecule has 0 heterocycles. The highest BCUT2D eigenvalue weighted by Crippen LogP contribution is 2.14. The molecule has 0 saturated carbocycles. The monoisotopic (exact) mass is 477 g/mol. The first-order valence-electron chi connectivity index (χ1n) is 7.66. The van der Waals surface area contributed by atoms with Gasteiger partial charge in [0.25, 0.3) is 0 Å². The number of nitrogens with zero attached hydrogens (tertiary/aromatic N) is 1. The van der Waals surface area contributed by atoms with Gasteiger partial charge in [0, 0.05) is 26.7 Å². The summed E-state index contributed by atoms with van der Waals surface area (Å²) < 4.78 is 53.2. The van der Waals surface area contributed by atoms with Gasteiger partial charge in [-0.25, -0.2) is 4.39 Å². The Hall–Kier alpha value is -1.10. The van der Waals surface area contributed by atoms with Crippen molar-refractivity contribution in [1.82, 2.24) is 10.6 Å². The van der Waals surface area contributed by atoms with Crippen molar-refractivity contribution in [1.29, 1.82) is 0 Å². The molecule has 0 bridgehead atoms. The lowest BCUT2D eigenvalue weighted by Gasteiger charge is -2.13. The van der Waals surface area contributed by atoms with Crippen molar-refractivity contribution in [2.24, 2.45) is 4.99 Å². The molecule has 0 spiro atoms. The molecule has 1 rings (SSSR count). The molecule has 0 aliphatic carbocycles. The van der Waals surface area contributed by atoms with Crippen molar-refractivity contribution in [2.75, 3.05) is 33.4 Å². The molecular weight excluding hydrogens is 453 g/mol. The third-order valence-corrected chi connectivity index (χ3v) is 3.24. The van der Waals surface area contributed by atoms with Crippen LogP contribution in [0.1, 0.15) is 17.5 Å². The smallest absolute Gasteiger partial charge is 0.372 e. The van der Waals surface area contributed by atoms with Crippen LogP contribution in [0.4, 0.5) is 17.6 Å². The maximum Gasteiger partial charge on any atom is 0.411 e. The van der Waals surface area contributed by atoms with Crippen molar-refractivity contribution in [3.8, 4) is 0 Å². The van der Waals surface area contributed by atoms with Crippen LogP contribution in [0.3, 0.4) is 0 Å². The fraction of sp³-hybridized carbons (Fsp3) is 0.562. The average Bonchev–Trinajstić information content (AvgIpc) is 2.49. The van der Waals surface area contributed by atoms with Crippen LogP contribution in [0.25, 0.3) is 0 Å². The lowest BCUT2D eigenvalue weighted by Crippen LogP contribution is -2.39. The Bertz CT molecular complexity index is 539. The molecule has 144 valence electrons. The first-order valence-corrected chi connectivity index (χ1v) is 7.66. The number of ether oxygens (including phenoxy) is 1. The number of rotatable bonds is 8. The quantitative estimate of drug-likeness (QED) is 0.198. The molecule has 0 amide bonds. The van der Waals surface area contributed by atoms with Crippen LogP contribution in [0.2, 0.25) is 0 Å². The standard InChI is InChI=1S/C16H23F4N3O.HI/c1-12-10-14(17)5-4-13(12)6-8-23-15(21-2)22-7-3-9-24-11-16(18,19)20;/h4-5,10H,3,6-9,11H2,1-2H3,(H2,21,22,23);1H. The van der Waals surface area contributed by atoms with Gasteiger partial charge in [-0.2, -0.15) is 13.2 Å². The summed E-state index contributed by atoms with van der Waals surface area (Å²) >= 11 is 0. The second-order valence-corrected chi connectivity index (χ2v) is 5.27. The largest absolute Gasteiger partial charge is 0.411 e. The van der Waals surface area contributed by atoms with Gasteiger partial charge in [-0.3, -0.25) is 4.99 Å². The molecule has 0 unspecified atom stereocenters. The zero-order valence-corrected chi connectivity index (χ0v) is 16.6. The fourth-order valence-corrected chi connectivity index (χ4v) is 2.04. The van der Waals surface area contributed by atoms with E-state index in [1.807, 2.05) is 6.92 Å². The van der Waals surface area contributed by atoms with Gasteiger partial charge < -0.3 is 15.4 Å². The average molecular weight is 477 g/mol. The first kappa shape index (κ1) is 23.9. The van der Waals surface area contributed by atoms with Crippen LogP contribution in [0, 0.1) is 12.7 Å². The number of nitrogens with one attached hydrogen (secondary N) is 2. The van der Waals surface area contributed by atoms with Crippen LogP contribution in [0.5, 0.6) is 0 Å². The third kappa shape index (κ3) is 11.2. The summed E-state index contributed by atoms with van der Waals surface area (Å²) in [4.78, 5) is 4.03. The Kier molecular flexibility index (Phi) is 11.7. The minimum Gasteiger partial charge on any atom is -0.372 e. The minimum atomic E-state index is -4.29. The second-order valence-electron chi connectivity index (χ2n) is 5.27. The minimum absolute atomic E-state index is 0. The van der Waals surface area contributed by atoms with E-state index in [0.717, 1.165) is 11.1 Å².